The lowest BCUT2D eigenvalue weighted by Gasteiger charge is -2.19. The van der Waals surface area contributed by atoms with E-state index in [4.69, 9.17) is 21.1 Å². The molecule has 0 saturated carbocycles. The van der Waals surface area contributed by atoms with Gasteiger partial charge < -0.3 is 14.8 Å². The van der Waals surface area contributed by atoms with Gasteiger partial charge >= 0.3 is 0 Å². The molecule has 1 N–H and O–H groups in total. The summed E-state index contributed by atoms with van der Waals surface area (Å²) < 4.78 is 10.7. The van der Waals surface area contributed by atoms with E-state index in [1.807, 2.05) is 18.2 Å². The second-order valence-electron chi connectivity index (χ2n) is 5.16. The summed E-state index contributed by atoms with van der Waals surface area (Å²) in [6.45, 7) is 7.38. The number of nitrogens with one attached hydrogen (secondary N) is 1. The van der Waals surface area contributed by atoms with Crippen molar-refractivity contribution in [2.45, 2.75) is 32.3 Å². The van der Waals surface area contributed by atoms with Crippen molar-refractivity contribution in [1.29, 1.82) is 0 Å². The molecule has 20 heavy (non-hydrogen) atoms. The van der Waals surface area contributed by atoms with Crippen LogP contribution in [0.3, 0.4) is 0 Å². The molecule has 0 spiro atoms. The molecule has 1 unspecified atom stereocenters. The fourth-order valence-corrected chi connectivity index (χ4v) is 2.24. The van der Waals surface area contributed by atoms with Gasteiger partial charge in [0.1, 0.15) is 0 Å². The van der Waals surface area contributed by atoms with E-state index >= 15 is 0 Å². The summed E-state index contributed by atoms with van der Waals surface area (Å²) in [6.07, 6.45) is 1.26. The fraction of sp³-hybridized carbons (Fsp3) is 0.625. The molecule has 1 aromatic rings. The number of halogens is 1. The van der Waals surface area contributed by atoms with Gasteiger partial charge in [-0.15, -0.1) is 0 Å². The Labute approximate surface area is 127 Å². The SMILES string of the molecule is COCCNCC(CCOC(C)C)c1cccc(Cl)c1. The molecule has 0 aliphatic carbocycles. The summed E-state index contributed by atoms with van der Waals surface area (Å²) in [6, 6.07) is 8.08. The molecule has 1 aromatic carbocycles. The van der Waals surface area contributed by atoms with Gasteiger partial charge in [-0.25, -0.2) is 0 Å². The number of methoxy groups -OCH3 is 1. The number of benzene rings is 1. The Balaban J connectivity index is 2.53. The molecule has 3 nitrogen and oxygen atoms in total. The van der Waals surface area contributed by atoms with Crippen molar-refractivity contribution in [3.05, 3.63) is 34.9 Å². The van der Waals surface area contributed by atoms with Crippen LogP contribution < -0.4 is 5.32 Å². The molecule has 1 atom stereocenters. The lowest BCUT2D eigenvalue weighted by atomic mass is 9.96. The minimum absolute atomic E-state index is 0.275. The summed E-state index contributed by atoms with van der Waals surface area (Å²) in [4.78, 5) is 0. The first-order valence-corrected chi connectivity index (χ1v) is 7.58. The van der Waals surface area contributed by atoms with E-state index < -0.39 is 0 Å². The lowest BCUT2D eigenvalue weighted by Crippen LogP contribution is -2.26. The predicted molar refractivity (Wildman–Crippen MR) is 84.6 cm³/mol. The monoisotopic (exact) mass is 299 g/mol. The molecular weight excluding hydrogens is 274 g/mol. The first-order valence-electron chi connectivity index (χ1n) is 7.20. The van der Waals surface area contributed by atoms with Crippen LogP contribution in [0.2, 0.25) is 5.02 Å². The van der Waals surface area contributed by atoms with Crippen LogP contribution in [0.4, 0.5) is 0 Å². The normalized spacial score (nSPS) is 12.8. The molecule has 0 aliphatic rings. The van der Waals surface area contributed by atoms with Gasteiger partial charge in [0, 0.05) is 31.8 Å². The van der Waals surface area contributed by atoms with Crippen LogP contribution in [0, 0.1) is 0 Å². The summed E-state index contributed by atoms with van der Waals surface area (Å²) in [5.41, 5.74) is 1.26. The summed E-state index contributed by atoms with van der Waals surface area (Å²) in [7, 11) is 1.71. The third-order valence-corrected chi connectivity index (χ3v) is 3.35. The molecule has 0 bridgehead atoms. The molecule has 114 valence electrons. The van der Waals surface area contributed by atoms with Gasteiger partial charge in [0.25, 0.3) is 0 Å². The topological polar surface area (TPSA) is 30.5 Å². The van der Waals surface area contributed by atoms with Crippen LogP contribution in [-0.2, 0) is 9.47 Å². The van der Waals surface area contributed by atoms with Crippen molar-refractivity contribution in [2.24, 2.45) is 0 Å². The van der Waals surface area contributed by atoms with Crippen molar-refractivity contribution < 1.29 is 9.47 Å². The third-order valence-electron chi connectivity index (χ3n) is 3.11. The number of hydrogen-bond donors (Lipinski definition) is 1. The summed E-state index contributed by atoms with van der Waals surface area (Å²) in [5.74, 6) is 0.407. The molecule has 0 fully saturated rings. The Hall–Kier alpha value is -0.610. The van der Waals surface area contributed by atoms with Crippen LogP contribution in [0.25, 0.3) is 0 Å². The van der Waals surface area contributed by atoms with Gasteiger partial charge in [0.15, 0.2) is 0 Å². The molecular formula is C16H26ClNO2. The van der Waals surface area contributed by atoms with Gasteiger partial charge in [0.05, 0.1) is 12.7 Å². The van der Waals surface area contributed by atoms with Crippen molar-refractivity contribution in [1.82, 2.24) is 5.32 Å². The van der Waals surface area contributed by atoms with Gasteiger partial charge in [-0.1, -0.05) is 23.7 Å². The molecule has 0 radical (unpaired) electrons. The number of rotatable bonds is 10. The van der Waals surface area contributed by atoms with Gasteiger partial charge in [-0.3, -0.25) is 0 Å². The lowest BCUT2D eigenvalue weighted by molar-refractivity contribution is 0.0731. The highest BCUT2D eigenvalue weighted by Gasteiger charge is 2.12. The summed E-state index contributed by atoms with van der Waals surface area (Å²) in [5, 5.41) is 4.21. The zero-order valence-corrected chi connectivity index (χ0v) is 13.5. The molecule has 0 aromatic heterocycles. The molecule has 0 amide bonds. The van der Waals surface area contributed by atoms with Crippen molar-refractivity contribution in [3.8, 4) is 0 Å². The van der Waals surface area contributed by atoms with Crippen LogP contribution in [-0.4, -0.2) is 39.5 Å². The average molecular weight is 300 g/mol. The Bertz CT molecular complexity index is 371. The minimum atomic E-state index is 0.275. The predicted octanol–water partition coefficient (Wildman–Crippen LogP) is 3.47. The Morgan fingerprint density at radius 2 is 2.05 bits per heavy atom. The minimum Gasteiger partial charge on any atom is -0.383 e. The maximum Gasteiger partial charge on any atom is 0.0587 e. The van der Waals surface area contributed by atoms with Gasteiger partial charge in [-0.2, -0.15) is 0 Å². The zero-order chi connectivity index (χ0) is 14.8. The van der Waals surface area contributed by atoms with E-state index in [-0.39, 0.29) is 6.10 Å². The molecule has 4 heteroatoms. The fourth-order valence-electron chi connectivity index (χ4n) is 2.04. The quantitative estimate of drug-likeness (QED) is 0.671. The highest BCUT2D eigenvalue weighted by Crippen LogP contribution is 2.22. The van der Waals surface area contributed by atoms with Crippen LogP contribution >= 0.6 is 11.6 Å². The first kappa shape index (κ1) is 17.4. The summed E-state index contributed by atoms with van der Waals surface area (Å²) >= 11 is 6.09. The van der Waals surface area contributed by atoms with E-state index in [0.717, 1.165) is 37.7 Å². The largest absolute Gasteiger partial charge is 0.383 e. The Morgan fingerprint density at radius 3 is 2.70 bits per heavy atom. The van der Waals surface area contributed by atoms with E-state index in [1.54, 1.807) is 7.11 Å². The second kappa shape index (κ2) is 10.2. The highest BCUT2D eigenvalue weighted by atomic mass is 35.5. The van der Waals surface area contributed by atoms with Crippen molar-refractivity contribution >= 4 is 11.6 Å². The van der Waals surface area contributed by atoms with E-state index in [2.05, 4.69) is 25.2 Å². The standard InChI is InChI=1S/C16H26ClNO2/c1-13(2)20-9-7-15(12-18-8-10-19-3)14-5-4-6-16(17)11-14/h4-6,11,13,15,18H,7-10,12H2,1-3H3. The average Bonchev–Trinajstić information content (AvgIpc) is 2.41. The van der Waals surface area contributed by atoms with E-state index in [9.17, 15) is 0 Å². The van der Waals surface area contributed by atoms with Gasteiger partial charge in [-0.05, 0) is 43.9 Å². The van der Waals surface area contributed by atoms with Crippen molar-refractivity contribution in [2.75, 3.05) is 33.4 Å². The maximum atomic E-state index is 6.09. The highest BCUT2D eigenvalue weighted by molar-refractivity contribution is 6.30. The Morgan fingerprint density at radius 1 is 1.25 bits per heavy atom. The first-order chi connectivity index (χ1) is 9.63. The van der Waals surface area contributed by atoms with E-state index in [0.29, 0.717) is 5.92 Å². The van der Waals surface area contributed by atoms with Crippen molar-refractivity contribution in [3.63, 3.8) is 0 Å². The molecule has 1 rings (SSSR count). The zero-order valence-electron chi connectivity index (χ0n) is 12.7. The smallest absolute Gasteiger partial charge is 0.0587 e. The second-order valence-corrected chi connectivity index (χ2v) is 5.59. The van der Waals surface area contributed by atoms with Crippen LogP contribution in [0.1, 0.15) is 31.7 Å². The molecule has 0 saturated heterocycles. The Kier molecular flexibility index (Phi) is 8.86. The third kappa shape index (κ3) is 7.25. The molecule has 0 heterocycles. The van der Waals surface area contributed by atoms with E-state index in [1.165, 1.54) is 5.56 Å². The molecule has 0 aliphatic heterocycles. The maximum absolute atomic E-state index is 6.09. The number of ether oxygens (including phenoxy) is 2. The van der Waals surface area contributed by atoms with Crippen LogP contribution in [0.15, 0.2) is 24.3 Å². The van der Waals surface area contributed by atoms with Crippen LogP contribution in [0.5, 0.6) is 0 Å². The number of hydrogen-bond acceptors (Lipinski definition) is 3. The van der Waals surface area contributed by atoms with Gasteiger partial charge in [0.2, 0.25) is 0 Å².